The van der Waals surface area contributed by atoms with E-state index in [4.69, 9.17) is 17.3 Å². The first-order valence-electron chi connectivity index (χ1n) is 10.7. The minimum absolute atomic E-state index is 0.00630. The van der Waals surface area contributed by atoms with Crippen LogP contribution in [0.1, 0.15) is 37.7 Å². The molecule has 2 aromatic rings. The number of halogens is 3. The van der Waals surface area contributed by atoms with Gasteiger partial charge in [-0.2, -0.15) is 0 Å². The molecular formula is C23H28BClF2N2O2. The first-order chi connectivity index (χ1) is 14.7. The smallest absolute Gasteiger partial charge is 0.323 e. The summed E-state index contributed by atoms with van der Waals surface area (Å²) in [5.41, 5.74) is 6.10. The zero-order valence-corrected chi connectivity index (χ0v) is 18.4. The van der Waals surface area contributed by atoms with Gasteiger partial charge < -0.3 is 16.2 Å². The van der Waals surface area contributed by atoms with Crippen LogP contribution in [0, 0.1) is 17.6 Å². The molecule has 0 aromatic heterocycles. The number of unbranched alkanes of at least 4 members (excludes halogenated alkanes) is 1. The molecule has 0 bridgehead atoms. The molecule has 0 saturated heterocycles. The van der Waals surface area contributed by atoms with Gasteiger partial charge in [0, 0.05) is 23.2 Å². The maximum atomic E-state index is 14.6. The van der Waals surface area contributed by atoms with Crippen LogP contribution in [0.15, 0.2) is 36.4 Å². The van der Waals surface area contributed by atoms with Crippen LogP contribution in [0.5, 0.6) is 0 Å². The van der Waals surface area contributed by atoms with E-state index in [2.05, 4.69) is 13.2 Å². The van der Waals surface area contributed by atoms with Crippen LogP contribution in [0.4, 0.5) is 8.78 Å². The molecule has 1 atom stereocenters. The molecule has 1 aliphatic carbocycles. The van der Waals surface area contributed by atoms with E-state index in [1.807, 2.05) is 0 Å². The molecule has 1 aliphatic rings. The molecule has 1 fully saturated rings. The van der Waals surface area contributed by atoms with Gasteiger partial charge in [-0.15, -0.1) is 0 Å². The molecule has 1 unspecified atom stereocenters. The normalized spacial score (nSPS) is 20.1. The van der Waals surface area contributed by atoms with Crippen molar-refractivity contribution in [3.05, 3.63) is 58.6 Å². The molecule has 4 N–H and O–H groups in total. The zero-order chi connectivity index (χ0) is 22.6. The number of aliphatic carboxylic acids is 1. The molecule has 166 valence electrons. The van der Waals surface area contributed by atoms with Gasteiger partial charge >= 0.3 is 5.97 Å². The minimum Gasteiger partial charge on any atom is -0.480 e. The second-order valence-corrected chi connectivity index (χ2v) is 8.91. The van der Waals surface area contributed by atoms with Crippen LogP contribution < -0.4 is 11.1 Å². The second-order valence-electron chi connectivity index (χ2n) is 8.47. The number of benzene rings is 2. The van der Waals surface area contributed by atoms with Crippen molar-refractivity contribution in [1.82, 2.24) is 5.32 Å². The van der Waals surface area contributed by atoms with Crippen molar-refractivity contribution in [1.29, 1.82) is 0 Å². The molecule has 0 spiro atoms. The quantitative estimate of drug-likeness (QED) is 0.377. The van der Waals surface area contributed by atoms with Gasteiger partial charge in [0.15, 0.2) is 0 Å². The highest BCUT2D eigenvalue weighted by atomic mass is 35.5. The number of nitrogens with one attached hydrogen (secondary N) is 1. The number of carboxylic acids is 1. The monoisotopic (exact) mass is 448 g/mol. The van der Waals surface area contributed by atoms with Crippen LogP contribution in [0.2, 0.25) is 11.3 Å². The molecular weight excluding hydrogens is 421 g/mol. The zero-order valence-electron chi connectivity index (χ0n) is 17.6. The van der Waals surface area contributed by atoms with Gasteiger partial charge in [-0.1, -0.05) is 42.9 Å². The molecule has 0 radical (unpaired) electrons. The summed E-state index contributed by atoms with van der Waals surface area (Å²) in [6, 6.07) is 9.40. The third-order valence-electron chi connectivity index (χ3n) is 6.34. The number of hydrogen-bond acceptors (Lipinski definition) is 3. The topological polar surface area (TPSA) is 75.4 Å². The van der Waals surface area contributed by atoms with Crippen LogP contribution in [0.3, 0.4) is 0 Å². The largest absolute Gasteiger partial charge is 0.480 e. The molecule has 1 saturated carbocycles. The summed E-state index contributed by atoms with van der Waals surface area (Å²) in [6.45, 7) is 0.0381. The van der Waals surface area contributed by atoms with E-state index < -0.39 is 23.1 Å². The van der Waals surface area contributed by atoms with Crippen molar-refractivity contribution in [3.63, 3.8) is 0 Å². The summed E-state index contributed by atoms with van der Waals surface area (Å²) in [6.07, 6.45) is 4.35. The van der Waals surface area contributed by atoms with Crippen molar-refractivity contribution in [3.8, 4) is 11.1 Å². The third-order valence-corrected chi connectivity index (χ3v) is 6.60. The van der Waals surface area contributed by atoms with Gasteiger partial charge in [-0.25, -0.2) is 8.78 Å². The number of carbonyl (C=O) groups is 1. The minimum atomic E-state index is -1.23. The number of hydrogen-bond donors (Lipinski definition) is 3. The third kappa shape index (κ3) is 5.46. The standard InChI is InChI=1S/C23H28BClF2N2O2/c24-8-2-1-7-23(28,22(30)31)16-11-18(12-16)29-13-19-20(26)9-15(10-21(19)27)14-3-5-17(25)6-4-14/h3-6,9-10,16,18,29H,1-2,7-8,11-13,24,28H2,(H,30,31)/t16-,18+,23?. The van der Waals surface area contributed by atoms with E-state index in [1.165, 1.54) is 12.1 Å². The first kappa shape index (κ1) is 23.7. The molecule has 3 rings (SSSR count). The van der Waals surface area contributed by atoms with E-state index in [-0.39, 0.29) is 24.1 Å². The van der Waals surface area contributed by atoms with Crippen molar-refractivity contribution in [2.24, 2.45) is 11.7 Å². The van der Waals surface area contributed by atoms with Crippen LogP contribution in [0.25, 0.3) is 11.1 Å². The summed E-state index contributed by atoms with van der Waals surface area (Å²) < 4.78 is 29.2. The Morgan fingerprint density at radius 1 is 1.16 bits per heavy atom. The van der Waals surface area contributed by atoms with Crippen LogP contribution in [-0.4, -0.2) is 30.5 Å². The molecule has 0 amide bonds. The lowest BCUT2D eigenvalue weighted by atomic mass is 9.66. The molecule has 8 heteroatoms. The Morgan fingerprint density at radius 2 is 1.77 bits per heavy atom. The summed E-state index contributed by atoms with van der Waals surface area (Å²) in [5, 5.41) is 13.3. The van der Waals surface area contributed by atoms with Gasteiger partial charge in [-0.3, -0.25) is 4.79 Å². The average molecular weight is 449 g/mol. The highest BCUT2D eigenvalue weighted by Crippen LogP contribution is 2.38. The molecule has 31 heavy (non-hydrogen) atoms. The summed E-state index contributed by atoms with van der Waals surface area (Å²) >= 11 is 5.87. The van der Waals surface area contributed by atoms with Gasteiger partial charge in [0.1, 0.15) is 25.0 Å². The maximum absolute atomic E-state index is 14.6. The highest BCUT2D eigenvalue weighted by Gasteiger charge is 2.48. The Labute approximate surface area is 187 Å². The lowest BCUT2D eigenvalue weighted by molar-refractivity contribution is -0.148. The van der Waals surface area contributed by atoms with E-state index in [0.717, 1.165) is 19.2 Å². The molecule has 4 nitrogen and oxygen atoms in total. The Balaban J connectivity index is 1.59. The molecule has 2 aromatic carbocycles. The Hall–Kier alpha value is -1.96. The van der Waals surface area contributed by atoms with E-state index in [0.29, 0.717) is 35.4 Å². The Morgan fingerprint density at radius 3 is 2.32 bits per heavy atom. The highest BCUT2D eigenvalue weighted by molar-refractivity contribution is 6.30. The van der Waals surface area contributed by atoms with E-state index in [1.54, 1.807) is 24.3 Å². The molecule has 0 aliphatic heterocycles. The SMILES string of the molecule is BCCCCC(N)(C(=O)O)[C@H]1C[C@@H](NCc2c(F)cc(-c3ccc(Cl)cc3)cc2F)C1. The maximum Gasteiger partial charge on any atom is 0.323 e. The Bertz CT molecular complexity index is 899. The lowest BCUT2D eigenvalue weighted by Crippen LogP contribution is -2.61. The fourth-order valence-electron chi connectivity index (χ4n) is 4.19. The number of carboxylic acid groups (broad SMARTS) is 1. The van der Waals surface area contributed by atoms with Crippen LogP contribution >= 0.6 is 11.6 Å². The number of nitrogens with two attached hydrogens (primary N) is 1. The van der Waals surface area contributed by atoms with Gasteiger partial charge in [0.05, 0.1) is 0 Å². The fourth-order valence-corrected chi connectivity index (χ4v) is 4.31. The average Bonchev–Trinajstić information content (AvgIpc) is 2.69. The van der Waals surface area contributed by atoms with Gasteiger partial charge in [-0.05, 0) is 60.6 Å². The van der Waals surface area contributed by atoms with Gasteiger partial charge in [0.25, 0.3) is 0 Å². The summed E-state index contributed by atoms with van der Waals surface area (Å²) in [7, 11) is 2.06. The van der Waals surface area contributed by atoms with E-state index >= 15 is 0 Å². The summed E-state index contributed by atoms with van der Waals surface area (Å²) in [5.74, 6) is -2.35. The Kier molecular flexibility index (Phi) is 7.73. The van der Waals surface area contributed by atoms with Gasteiger partial charge in [0.2, 0.25) is 0 Å². The van der Waals surface area contributed by atoms with Crippen molar-refractivity contribution < 1.29 is 18.7 Å². The fraction of sp³-hybridized carbons (Fsp3) is 0.435. The van der Waals surface area contributed by atoms with E-state index in [9.17, 15) is 18.7 Å². The molecule has 0 heterocycles. The van der Waals surface area contributed by atoms with Crippen molar-refractivity contribution >= 4 is 25.4 Å². The number of rotatable bonds is 10. The second kappa shape index (κ2) is 10.1. The predicted molar refractivity (Wildman–Crippen MR) is 122 cm³/mol. The van der Waals surface area contributed by atoms with Crippen molar-refractivity contribution in [2.45, 2.75) is 56.5 Å². The predicted octanol–water partition coefficient (Wildman–Crippen LogP) is 4.16. The summed E-state index contributed by atoms with van der Waals surface area (Å²) in [4.78, 5) is 11.7. The van der Waals surface area contributed by atoms with Crippen molar-refractivity contribution in [2.75, 3.05) is 0 Å². The lowest BCUT2D eigenvalue weighted by Gasteiger charge is -2.45. The first-order valence-corrected chi connectivity index (χ1v) is 11.1. The van der Waals surface area contributed by atoms with Crippen LogP contribution in [-0.2, 0) is 11.3 Å².